The second-order valence-electron chi connectivity index (χ2n) is 5.12. The first-order chi connectivity index (χ1) is 12.4. The fourth-order valence-electron chi connectivity index (χ4n) is 1.99. The average molecular weight is 409 g/mol. The van der Waals surface area contributed by atoms with Gasteiger partial charge in [0.1, 0.15) is 23.1 Å². The van der Waals surface area contributed by atoms with E-state index in [0.717, 1.165) is 0 Å². The first kappa shape index (κ1) is 18.4. The summed E-state index contributed by atoms with van der Waals surface area (Å²) in [5.41, 5.74) is 0.0178. The third kappa shape index (κ3) is 4.60. The van der Waals surface area contributed by atoms with Crippen LogP contribution in [0.1, 0.15) is 15.5 Å². The minimum absolute atomic E-state index is 0.00914. The van der Waals surface area contributed by atoms with Crippen molar-refractivity contribution in [1.29, 1.82) is 0 Å². The van der Waals surface area contributed by atoms with Crippen LogP contribution in [0.3, 0.4) is 0 Å². The molecule has 26 heavy (non-hydrogen) atoms. The van der Waals surface area contributed by atoms with E-state index >= 15 is 0 Å². The summed E-state index contributed by atoms with van der Waals surface area (Å²) in [6, 6.07) is 14.5. The number of nitrogens with zero attached hydrogens (tertiary/aromatic N) is 1. The van der Waals surface area contributed by atoms with Crippen molar-refractivity contribution >= 4 is 38.9 Å². The molecule has 1 N–H and O–H groups in total. The average Bonchev–Trinajstić information content (AvgIpc) is 3.11. The third-order valence-electron chi connectivity index (χ3n) is 3.24. The maximum atomic E-state index is 12.2. The number of halogens is 1. The van der Waals surface area contributed by atoms with Crippen LogP contribution in [0.4, 0.5) is 0 Å². The molecule has 0 bridgehead atoms. The van der Waals surface area contributed by atoms with Gasteiger partial charge in [0.15, 0.2) is 0 Å². The van der Waals surface area contributed by atoms with Gasteiger partial charge in [0.25, 0.3) is 15.9 Å². The van der Waals surface area contributed by atoms with E-state index in [2.05, 4.69) is 4.98 Å². The maximum Gasteiger partial charge on any atom is 0.284 e. The number of ether oxygens (including phenoxy) is 1. The molecule has 0 aliphatic rings. The molecular weight excluding hydrogens is 396 g/mol. The third-order valence-corrected chi connectivity index (χ3v) is 5.66. The van der Waals surface area contributed by atoms with Crippen molar-refractivity contribution in [3.63, 3.8) is 0 Å². The normalized spacial score (nSPS) is 11.1. The molecule has 3 aromatic rings. The molecule has 2 aromatic carbocycles. The molecule has 6 nitrogen and oxygen atoms in total. The summed E-state index contributed by atoms with van der Waals surface area (Å²) in [7, 11) is -3.94. The summed E-state index contributed by atoms with van der Waals surface area (Å²) in [5.74, 6) is -0.176. The SMILES string of the molecule is O=C(NS(=O)(=O)c1ccccc1)c1csc(COc2ccc(Cl)cc2)n1. The van der Waals surface area contributed by atoms with E-state index in [0.29, 0.717) is 15.8 Å². The smallest absolute Gasteiger partial charge is 0.284 e. The number of hydrogen-bond acceptors (Lipinski definition) is 6. The second kappa shape index (κ2) is 7.86. The van der Waals surface area contributed by atoms with Crippen LogP contribution < -0.4 is 9.46 Å². The second-order valence-corrected chi connectivity index (χ2v) is 8.18. The fourth-order valence-corrected chi connectivity index (χ4v) is 3.78. The van der Waals surface area contributed by atoms with Crippen LogP contribution in [0.25, 0.3) is 0 Å². The first-order valence-electron chi connectivity index (χ1n) is 7.39. The van der Waals surface area contributed by atoms with Crippen LogP contribution in [0, 0.1) is 0 Å². The van der Waals surface area contributed by atoms with Gasteiger partial charge in [-0.2, -0.15) is 0 Å². The number of nitrogens with one attached hydrogen (secondary N) is 1. The highest BCUT2D eigenvalue weighted by molar-refractivity contribution is 7.90. The number of carbonyl (C=O) groups is 1. The lowest BCUT2D eigenvalue weighted by Crippen LogP contribution is -2.30. The van der Waals surface area contributed by atoms with Crippen molar-refractivity contribution in [3.05, 3.63) is 75.7 Å². The van der Waals surface area contributed by atoms with Gasteiger partial charge < -0.3 is 4.74 Å². The zero-order valence-corrected chi connectivity index (χ0v) is 15.6. The van der Waals surface area contributed by atoms with E-state index in [1.54, 1.807) is 42.5 Å². The fraction of sp³-hybridized carbons (Fsp3) is 0.0588. The van der Waals surface area contributed by atoms with Crippen LogP contribution in [0.5, 0.6) is 5.75 Å². The summed E-state index contributed by atoms with van der Waals surface area (Å²) in [6.07, 6.45) is 0. The Morgan fingerprint density at radius 1 is 1.12 bits per heavy atom. The van der Waals surface area contributed by atoms with Crippen molar-refractivity contribution in [2.45, 2.75) is 11.5 Å². The van der Waals surface area contributed by atoms with E-state index in [9.17, 15) is 13.2 Å². The molecule has 134 valence electrons. The number of sulfonamides is 1. The number of thiazole rings is 1. The van der Waals surface area contributed by atoms with Gasteiger partial charge in [-0.3, -0.25) is 4.79 Å². The molecule has 0 aliphatic carbocycles. The van der Waals surface area contributed by atoms with Crippen LogP contribution in [0.15, 0.2) is 64.9 Å². The Balaban J connectivity index is 1.63. The van der Waals surface area contributed by atoms with E-state index in [1.807, 2.05) is 4.72 Å². The Morgan fingerprint density at radius 2 is 1.81 bits per heavy atom. The van der Waals surface area contributed by atoms with E-state index in [4.69, 9.17) is 16.3 Å². The Morgan fingerprint density at radius 3 is 2.50 bits per heavy atom. The van der Waals surface area contributed by atoms with E-state index in [-0.39, 0.29) is 17.2 Å². The predicted molar refractivity (Wildman–Crippen MR) is 99.0 cm³/mol. The number of hydrogen-bond donors (Lipinski definition) is 1. The predicted octanol–water partition coefficient (Wildman–Crippen LogP) is 3.49. The molecule has 9 heteroatoms. The van der Waals surface area contributed by atoms with Gasteiger partial charge in [0, 0.05) is 10.4 Å². The molecular formula is C17H13ClN2O4S2. The van der Waals surface area contributed by atoms with Crippen LogP contribution >= 0.6 is 22.9 Å². The van der Waals surface area contributed by atoms with E-state index < -0.39 is 15.9 Å². The topological polar surface area (TPSA) is 85.4 Å². The van der Waals surface area contributed by atoms with Crippen LogP contribution in [-0.4, -0.2) is 19.3 Å². The highest BCUT2D eigenvalue weighted by Gasteiger charge is 2.20. The highest BCUT2D eigenvalue weighted by atomic mass is 35.5. The Labute approximate surface area is 159 Å². The largest absolute Gasteiger partial charge is 0.486 e. The van der Waals surface area contributed by atoms with Gasteiger partial charge >= 0.3 is 0 Å². The monoisotopic (exact) mass is 408 g/mol. The zero-order chi connectivity index (χ0) is 18.6. The van der Waals surface area contributed by atoms with E-state index in [1.165, 1.54) is 28.8 Å². The lowest BCUT2D eigenvalue weighted by Gasteiger charge is -2.05. The summed E-state index contributed by atoms with van der Waals surface area (Å²) in [6.45, 7) is 0.158. The summed E-state index contributed by atoms with van der Waals surface area (Å²) >= 11 is 7.01. The number of carbonyl (C=O) groups excluding carboxylic acids is 1. The Kier molecular flexibility index (Phi) is 5.55. The van der Waals surface area contributed by atoms with Gasteiger partial charge in [-0.1, -0.05) is 29.8 Å². The standard InChI is InChI=1S/C17H13ClN2O4S2/c18-12-6-8-13(9-7-12)24-10-16-19-15(11-25-16)17(21)20-26(22,23)14-4-2-1-3-5-14/h1-9,11H,10H2,(H,20,21). The summed E-state index contributed by atoms with van der Waals surface area (Å²) in [5, 5.41) is 2.63. The Bertz CT molecular complexity index is 1000. The van der Waals surface area contributed by atoms with Gasteiger partial charge in [-0.25, -0.2) is 18.1 Å². The Hall–Kier alpha value is -2.42. The molecule has 3 rings (SSSR count). The summed E-state index contributed by atoms with van der Waals surface area (Å²) < 4.78 is 31.9. The molecule has 0 fully saturated rings. The molecule has 0 saturated carbocycles. The highest BCUT2D eigenvalue weighted by Crippen LogP contribution is 2.18. The zero-order valence-electron chi connectivity index (χ0n) is 13.3. The number of rotatable bonds is 6. The number of amides is 1. The van der Waals surface area contributed by atoms with Crippen molar-refractivity contribution < 1.29 is 17.9 Å². The van der Waals surface area contributed by atoms with Crippen LogP contribution in [-0.2, 0) is 16.6 Å². The number of aromatic nitrogens is 1. The van der Waals surface area contributed by atoms with Gasteiger partial charge in [0.05, 0.1) is 4.90 Å². The molecule has 0 spiro atoms. The molecule has 1 amide bonds. The van der Waals surface area contributed by atoms with Crippen LogP contribution in [0.2, 0.25) is 5.02 Å². The van der Waals surface area contributed by atoms with Crippen molar-refractivity contribution in [1.82, 2.24) is 9.71 Å². The maximum absolute atomic E-state index is 12.2. The van der Waals surface area contributed by atoms with Gasteiger partial charge in [0.2, 0.25) is 0 Å². The minimum Gasteiger partial charge on any atom is -0.486 e. The lowest BCUT2D eigenvalue weighted by atomic mass is 10.3. The van der Waals surface area contributed by atoms with Crippen molar-refractivity contribution in [3.8, 4) is 5.75 Å². The van der Waals surface area contributed by atoms with Gasteiger partial charge in [-0.15, -0.1) is 11.3 Å². The molecule has 0 saturated heterocycles. The molecule has 0 radical (unpaired) electrons. The lowest BCUT2D eigenvalue weighted by molar-refractivity contribution is 0.0977. The number of benzene rings is 2. The van der Waals surface area contributed by atoms with Crippen molar-refractivity contribution in [2.24, 2.45) is 0 Å². The van der Waals surface area contributed by atoms with Gasteiger partial charge in [-0.05, 0) is 36.4 Å². The summed E-state index contributed by atoms with van der Waals surface area (Å²) in [4.78, 5) is 16.3. The molecule has 1 aromatic heterocycles. The molecule has 0 aliphatic heterocycles. The molecule has 0 unspecified atom stereocenters. The molecule has 0 atom stereocenters. The molecule has 1 heterocycles. The first-order valence-corrected chi connectivity index (χ1v) is 10.1. The van der Waals surface area contributed by atoms with Crippen molar-refractivity contribution in [2.75, 3.05) is 0 Å². The quantitative estimate of drug-likeness (QED) is 0.674. The minimum atomic E-state index is -3.94.